The van der Waals surface area contributed by atoms with Crippen LogP contribution >= 0.6 is 0 Å². The zero-order chi connectivity index (χ0) is 47.1. The molecule has 33 nitrogen and oxygen atoms in total. The number of hydrogen-bond acceptors (Lipinski definition) is 18. The molecule has 0 aromatic rings. The first-order valence-corrected chi connectivity index (χ1v) is 16.6. The maximum Gasteiger partial charge on any atom is 0.317 e. The molecule has 0 unspecified atom stereocenters. The predicted molar refractivity (Wildman–Crippen MR) is 201 cm³/mol. The zero-order valence-electron chi connectivity index (χ0n) is 35.2. The van der Waals surface area contributed by atoms with Crippen molar-refractivity contribution in [1.29, 1.82) is 0 Å². The van der Waals surface area contributed by atoms with Crippen molar-refractivity contribution in [3.63, 3.8) is 0 Å². The van der Waals surface area contributed by atoms with Gasteiger partial charge in [0, 0.05) is 203 Å². The Morgan fingerprint density at radius 3 is 0.299 bits per heavy atom. The van der Waals surface area contributed by atoms with Crippen LogP contribution in [0.1, 0.15) is 0 Å². The molecule has 0 aliphatic carbocycles. The van der Waals surface area contributed by atoms with Gasteiger partial charge in [-0.2, -0.15) is 0 Å². The molecule has 18 N–H and O–H groups in total. The third kappa shape index (κ3) is 66.8. The summed E-state index contributed by atoms with van der Waals surface area (Å²) in [5.41, 5.74) is 0. The van der Waals surface area contributed by atoms with E-state index in [9.17, 15) is 57.5 Å². The first-order valence-electron chi connectivity index (χ1n) is 16.6. The van der Waals surface area contributed by atoms with Crippen LogP contribution in [0.15, 0.2) is 0 Å². The number of nitrogens with zero attached hydrogens (tertiary/aromatic N) is 6. The van der Waals surface area contributed by atoms with E-state index in [4.69, 9.17) is 61.3 Å². The largest absolute Gasteiger partial charge is 0.480 e. The summed E-state index contributed by atoms with van der Waals surface area (Å²) < 4.78 is 0. The van der Waals surface area contributed by atoms with Crippen LogP contribution in [0.4, 0.5) is 0 Å². The van der Waals surface area contributed by atoms with Crippen molar-refractivity contribution in [2.45, 2.75) is 0 Å². The Morgan fingerprint density at radius 2 is 0.254 bits per heavy atom. The summed E-state index contributed by atoms with van der Waals surface area (Å²) >= 11 is 0. The summed E-state index contributed by atoms with van der Waals surface area (Å²) in [6, 6.07) is 0. The average Bonchev–Trinajstić information content (AvgIpc) is 3.02. The van der Waals surface area contributed by atoms with E-state index in [1.807, 2.05) is 0 Å². The van der Waals surface area contributed by atoms with E-state index in [1.165, 1.54) is 0 Å². The second-order valence-electron chi connectivity index (χ2n) is 12.0. The Bertz CT molecular complexity index is 1140. The molecule has 0 aromatic heterocycles. The van der Waals surface area contributed by atoms with Crippen LogP contribution in [0.3, 0.4) is 0 Å². The fourth-order valence-corrected chi connectivity index (χ4v) is 4.43. The van der Waals surface area contributed by atoms with E-state index in [2.05, 4.69) is 0 Å². The molecule has 0 bridgehead atoms. The quantitative estimate of drug-likeness (QED) is 0.0290. The summed E-state index contributed by atoms with van der Waals surface area (Å²) in [4.78, 5) is 133. The summed E-state index contributed by atoms with van der Waals surface area (Å²) in [5, 5.41) is 103. The normalized spacial score (nSPS) is 9.58. The third-order valence-electron chi connectivity index (χ3n) is 6.50. The Balaban J connectivity index is -0.0000000864. The number of aliphatic carboxylic acids is 12. The number of hydrogen-bond donors (Lipinski definition) is 12. The smallest absolute Gasteiger partial charge is 0.317 e. The van der Waals surface area contributed by atoms with Gasteiger partial charge in [-0.05, 0) is 0 Å². The summed E-state index contributed by atoms with van der Waals surface area (Å²) in [5.74, 6) is -14.7. The van der Waals surface area contributed by atoms with Crippen LogP contribution in [0.5, 0.6) is 0 Å². The predicted octanol–water partition coefficient (Wildman–Crippen LogP) is -8.69. The van der Waals surface area contributed by atoms with E-state index in [1.54, 1.807) is 0 Å². The Morgan fingerprint density at radius 1 is 0.194 bits per heavy atom. The van der Waals surface area contributed by atoms with Crippen molar-refractivity contribution in [3.8, 4) is 0 Å². The fraction of sp³-hybridized carbons (Fsp3) is 0.600. The van der Waals surface area contributed by atoms with E-state index in [0.717, 1.165) is 29.4 Å². The van der Waals surface area contributed by atoms with Gasteiger partial charge >= 0.3 is 71.6 Å². The summed E-state index contributed by atoms with van der Waals surface area (Å²) in [6.45, 7) is -6.75. The second kappa shape index (κ2) is 52.5. The molecule has 37 heteroatoms. The van der Waals surface area contributed by atoms with Gasteiger partial charge in [-0.15, -0.1) is 0 Å². The standard InChI is InChI=1S/3C10H16N2O8.4Nd.3H2O/c3*13-7(14)3-11(4-8(15)16)1-2-12(5-9(17)18)6-10(19)20;;;;;;;/h3*1-6H2,(H,13,14)(H,15,16)(H,17,18)(H,19,20);;;;;3*1H2. The average molecular weight is 1510 g/mol. The number of carboxylic acid groups (broad SMARTS) is 12. The topological polar surface area (TPSA) is 562 Å². The molecule has 67 heavy (non-hydrogen) atoms. The number of carbonyl (C=O) groups is 12. The second-order valence-corrected chi connectivity index (χ2v) is 12.0. The molecule has 0 aromatic carbocycles. The van der Waals surface area contributed by atoms with Gasteiger partial charge < -0.3 is 77.7 Å². The van der Waals surface area contributed by atoms with E-state index in [-0.39, 0.29) is 219 Å². The molecule has 0 aliphatic heterocycles. The van der Waals surface area contributed by atoms with Gasteiger partial charge in [-0.1, -0.05) is 0 Å². The molecule has 0 saturated carbocycles. The van der Waals surface area contributed by atoms with E-state index >= 15 is 0 Å². The Hall–Kier alpha value is -1.32. The van der Waals surface area contributed by atoms with Gasteiger partial charge in [0.15, 0.2) is 0 Å². The van der Waals surface area contributed by atoms with Crippen LogP contribution in [0.25, 0.3) is 0 Å². The SMILES string of the molecule is O.O.O.O=C(O)CN(CCN(CC(=O)O)CC(=O)O)CC(=O)O.O=C(O)CN(CCN(CC(=O)O)CC(=O)O)CC(=O)O.O=C(O)CN(CCN(CC(=O)O)CC(=O)O)CC(=O)O.[Nd].[Nd].[Nd].[Nd]. The van der Waals surface area contributed by atoms with Crippen molar-refractivity contribution in [2.24, 2.45) is 0 Å². The first-order chi connectivity index (χ1) is 27.6. The van der Waals surface area contributed by atoms with Gasteiger partial charge in [-0.3, -0.25) is 86.9 Å². The minimum Gasteiger partial charge on any atom is -0.480 e. The molecule has 0 radical (unpaired) electrons. The van der Waals surface area contributed by atoms with Crippen LogP contribution in [0.2, 0.25) is 0 Å². The number of rotatable bonds is 33. The summed E-state index contributed by atoms with van der Waals surface area (Å²) in [6.07, 6.45) is 0. The van der Waals surface area contributed by atoms with E-state index in [0.29, 0.717) is 0 Å². The molecular weight excluding hydrogens is 1450 g/mol. The van der Waals surface area contributed by atoms with Crippen LogP contribution in [-0.2, 0) is 57.5 Å². The molecule has 0 saturated heterocycles. The minimum atomic E-state index is -1.23. The maximum absolute atomic E-state index is 10.6. The monoisotopic (exact) mass is 1500 g/mol. The molecule has 0 aliphatic rings. The van der Waals surface area contributed by atoms with Crippen LogP contribution in [-0.4, -0.2) is 297 Å². The Kier molecular flexibility index (Phi) is 69.5. The van der Waals surface area contributed by atoms with Gasteiger partial charge in [0.2, 0.25) is 0 Å². The van der Waals surface area contributed by atoms with Crippen molar-refractivity contribution < 1.29 is 299 Å². The van der Waals surface area contributed by atoms with Gasteiger partial charge in [-0.25, -0.2) is 0 Å². The van der Waals surface area contributed by atoms with Gasteiger partial charge in [0.25, 0.3) is 0 Å². The third-order valence-corrected chi connectivity index (χ3v) is 6.50. The van der Waals surface area contributed by atoms with Gasteiger partial charge in [0.05, 0.1) is 78.5 Å². The molecule has 0 heterocycles. The van der Waals surface area contributed by atoms with Crippen molar-refractivity contribution in [1.82, 2.24) is 29.4 Å². The molecule has 0 spiro atoms. The zero-order valence-corrected chi connectivity index (χ0v) is 48.0. The van der Waals surface area contributed by atoms with Crippen LogP contribution < -0.4 is 0 Å². The first kappa shape index (κ1) is 88.6. The molecule has 0 atom stereocenters. The van der Waals surface area contributed by atoms with Crippen molar-refractivity contribution in [2.75, 3.05) is 118 Å². The number of carboxylic acids is 12. The molecule has 0 rings (SSSR count). The minimum absolute atomic E-state index is 0. The van der Waals surface area contributed by atoms with Gasteiger partial charge in [0.1, 0.15) is 0 Å². The molecular formula is C30H54N6Nd4O27. The van der Waals surface area contributed by atoms with Crippen LogP contribution in [0, 0.1) is 163 Å². The fourth-order valence-electron chi connectivity index (χ4n) is 4.43. The molecule has 382 valence electrons. The molecule has 0 amide bonds. The summed E-state index contributed by atoms with van der Waals surface area (Å²) in [7, 11) is 0. The van der Waals surface area contributed by atoms with Crippen molar-refractivity contribution in [3.05, 3.63) is 0 Å². The van der Waals surface area contributed by atoms with E-state index < -0.39 is 150 Å². The van der Waals surface area contributed by atoms with Crippen molar-refractivity contribution >= 4 is 71.6 Å². The Labute approximate surface area is 510 Å². The molecule has 0 fully saturated rings. The maximum atomic E-state index is 10.6.